The van der Waals surface area contributed by atoms with Gasteiger partial charge in [-0.1, -0.05) is 0 Å². The van der Waals surface area contributed by atoms with E-state index in [1.807, 2.05) is 51.3 Å². The van der Waals surface area contributed by atoms with E-state index in [-0.39, 0.29) is 25.0 Å². The number of ether oxygens (including phenoxy) is 6. The Balaban J connectivity index is 2.49. The zero-order valence-electron chi connectivity index (χ0n) is 22.1. The van der Waals surface area contributed by atoms with Crippen LogP contribution in [0.4, 0.5) is 0 Å². The van der Waals surface area contributed by atoms with Gasteiger partial charge in [0.25, 0.3) is 0 Å². The number of carbonyl (C=O) groups excluding carboxylic acids is 2. The molecule has 0 atom stereocenters. The molecule has 1 rings (SSSR count). The fourth-order valence-electron chi connectivity index (χ4n) is 3.07. The summed E-state index contributed by atoms with van der Waals surface area (Å²) in [6, 6.07) is 0. The smallest absolute Gasteiger partial charge is 0.320 e. The van der Waals surface area contributed by atoms with Crippen LogP contribution in [-0.4, -0.2) is 125 Å². The van der Waals surface area contributed by atoms with Gasteiger partial charge in [-0.05, 0) is 41.5 Å². The molecular formula is C24H46N2O8. The summed E-state index contributed by atoms with van der Waals surface area (Å²) >= 11 is 0. The van der Waals surface area contributed by atoms with Gasteiger partial charge in [0.15, 0.2) is 0 Å². The Morgan fingerprint density at radius 2 is 0.824 bits per heavy atom. The van der Waals surface area contributed by atoms with Crippen molar-refractivity contribution in [2.45, 2.75) is 52.7 Å². The van der Waals surface area contributed by atoms with Gasteiger partial charge >= 0.3 is 11.9 Å². The topological polar surface area (TPSA) is 96.0 Å². The summed E-state index contributed by atoms with van der Waals surface area (Å²) in [6.07, 6.45) is 0. The molecule has 1 aliphatic rings. The van der Waals surface area contributed by atoms with Crippen LogP contribution in [0, 0.1) is 0 Å². The summed E-state index contributed by atoms with van der Waals surface area (Å²) in [5.41, 5.74) is -1.03. The summed E-state index contributed by atoms with van der Waals surface area (Å²) in [5.74, 6) is -0.533. The van der Waals surface area contributed by atoms with Gasteiger partial charge in [-0.3, -0.25) is 19.4 Å². The van der Waals surface area contributed by atoms with Crippen LogP contribution in [0.1, 0.15) is 41.5 Å². The van der Waals surface area contributed by atoms with E-state index in [1.54, 1.807) is 0 Å². The van der Waals surface area contributed by atoms with E-state index in [0.717, 1.165) is 0 Å². The fraction of sp³-hybridized carbons (Fsp3) is 0.917. The maximum absolute atomic E-state index is 12.2. The molecule has 0 aromatic rings. The predicted molar refractivity (Wildman–Crippen MR) is 128 cm³/mol. The monoisotopic (exact) mass is 490 g/mol. The molecule has 10 heteroatoms. The van der Waals surface area contributed by atoms with Crippen molar-refractivity contribution in [1.82, 2.24) is 9.80 Å². The molecule has 0 saturated carbocycles. The number of rotatable bonds is 4. The Morgan fingerprint density at radius 1 is 0.559 bits per heavy atom. The Morgan fingerprint density at radius 3 is 1.06 bits per heavy atom. The number of esters is 2. The number of carbonyl (C=O) groups is 2. The van der Waals surface area contributed by atoms with Crippen molar-refractivity contribution in [3.05, 3.63) is 0 Å². The Kier molecular flexibility index (Phi) is 14.8. The van der Waals surface area contributed by atoms with Crippen LogP contribution >= 0.6 is 0 Å². The van der Waals surface area contributed by atoms with Crippen LogP contribution in [0.5, 0.6) is 0 Å². The van der Waals surface area contributed by atoms with Crippen molar-refractivity contribution >= 4 is 11.9 Å². The van der Waals surface area contributed by atoms with Crippen molar-refractivity contribution < 1.29 is 38.0 Å². The number of nitrogens with zero attached hydrogens (tertiary/aromatic N) is 2. The first kappa shape index (κ1) is 30.7. The molecule has 0 amide bonds. The minimum absolute atomic E-state index is 0.185. The summed E-state index contributed by atoms with van der Waals surface area (Å²) in [6.45, 7) is 17.5. The van der Waals surface area contributed by atoms with Gasteiger partial charge in [0.1, 0.15) is 11.2 Å². The highest BCUT2D eigenvalue weighted by Crippen LogP contribution is 2.08. The molecule has 0 aromatic heterocycles. The molecule has 1 saturated heterocycles. The second-order valence-electron chi connectivity index (χ2n) is 10.2. The van der Waals surface area contributed by atoms with Gasteiger partial charge in [0.2, 0.25) is 0 Å². The Hall–Kier alpha value is -1.30. The molecule has 0 bridgehead atoms. The largest absolute Gasteiger partial charge is 0.459 e. The van der Waals surface area contributed by atoms with Crippen molar-refractivity contribution in [2.24, 2.45) is 0 Å². The summed E-state index contributed by atoms with van der Waals surface area (Å²) in [4.78, 5) is 28.3. The van der Waals surface area contributed by atoms with E-state index in [4.69, 9.17) is 28.4 Å². The highest BCUT2D eigenvalue weighted by molar-refractivity contribution is 5.72. The average molecular weight is 491 g/mol. The van der Waals surface area contributed by atoms with E-state index in [9.17, 15) is 9.59 Å². The third kappa shape index (κ3) is 18.1. The van der Waals surface area contributed by atoms with Crippen LogP contribution < -0.4 is 0 Å². The van der Waals surface area contributed by atoms with Crippen LogP contribution in [0.3, 0.4) is 0 Å². The van der Waals surface area contributed by atoms with Gasteiger partial charge in [-0.15, -0.1) is 0 Å². The van der Waals surface area contributed by atoms with Gasteiger partial charge < -0.3 is 28.4 Å². The second-order valence-corrected chi connectivity index (χ2v) is 10.2. The van der Waals surface area contributed by atoms with Gasteiger partial charge in [0, 0.05) is 26.2 Å². The zero-order chi connectivity index (χ0) is 25.5. The fourth-order valence-corrected chi connectivity index (χ4v) is 3.07. The van der Waals surface area contributed by atoms with E-state index in [1.165, 1.54) is 0 Å². The summed E-state index contributed by atoms with van der Waals surface area (Å²) in [5, 5.41) is 0. The Labute approximate surface area is 205 Å². The van der Waals surface area contributed by atoms with E-state index in [2.05, 4.69) is 0 Å². The molecular weight excluding hydrogens is 444 g/mol. The van der Waals surface area contributed by atoms with Crippen molar-refractivity contribution in [2.75, 3.05) is 92.1 Å². The van der Waals surface area contributed by atoms with Crippen molar-refractivity contribution in [3.8, 4) is 0 Å². The molecule has 0 spiro atoms. The third-order valence-electron chi connectivity index (χ3n) is 4.50. The van der Waals surface area contributed by atoms with E-state index in [0.29, 0.717) is 79.0 Å². The first-order valence-corrected chi connectivity index (χ1v) is 12.1. The molecule has 0 radical (unpaired) electrons. The third-order valence-corrected chi connectivity index (χ3v) is 4.50. The van der Waals surface area contributed by atoms with E-state index < -0.39 is 11.2 Å². The lowest BCUT2D eigenvalue weighted by Crippen LogP contribution is -2.39. The molecule has 0 aromatic carbocycles. The van der Waals surface area contributed by atoms with E-state index >= 15 is 0 Å². The molecule has 0 N–H and O–H groups in total. The second kappa shape index (κ2) is 16.4. The Bertz CT molecular complexity index is 504. The molecule has 34 heavy (non-hydrogen) atoms. The van der Waals surface area contributed by atoms with Crippen molar-refractivity contribution in [1.29, 1.82) is 0 Å². The molecule has 1 fully saturated rings. The minimum Gasteiger partial charge on any atom is -0.459 e. The molecule has 0 unspecified atom stereocenters. The molecule has 1 aliphatic heterocycles. The minimum atomic E-state index is -0.516. The van der Waals surface area contributed by atoms with Crippen LogP contribution in [0.25, 0.3) is 0 Å². The first-order chi connectivity index (χ1) is 15.9. The predicted octanol–water partition coefficient (Wildman–Crippen LogP) is 1.35. The lowest BCUT2D eigenvalue weighted by atomic mass is 10.2. The van der Waals surface area contributed by atoms with Crippen molar-refractivity contribution in [3.63, 3.8) is 0 Å². The van der Waals surface area contributed by atoms with Crippen LogP contribution in [0.15, 0.2) is 0 Å². The number of hydrogen-bond donors (Lipinski definition) is 0. The summed E-state index contributed by atoms with van der Waals surface area (Å²) in [7, 11) is 0. The lowest BCUT2D eigenvalue weighted by Gasteiger charge is -2.25. The zero-order valence-corrected chi connectivity index (χ0v) is 22.1. The van der Waals surface area contributed by atoms with Crippen LogP contribution in [-0.2, 0) is 38.0 Å². The first-order valence-electron chi connectivity index (χ1n) is 12.1. The normalized spacial score (nSPS) is 20.2. The average Bonchev–Trinajstić information content (AvgIpc) is 2.67. The summed E-state index contributed by atoms with van der Waals surface area (Å²) < 4.78 is 33.5. The lowest BCUT2D eigenvalue weighted by molar-refractivity contribution is -0.157. The highest BCUT2D eigenvalue weighted by atomic mass is 16.6. The van der Waals surface area contributed by atoms with Gasteiger partial charge in [0.05, 0.1) is 65.9 Å². The molecule has 0 aliphatic carbocycles. The van der Waals surface area contributed by atoms with Gasteiger partial charge in [-0.25, -0.2) is 0 Å². The van der Waals surface area contributed by atoms with Gasteiger partial charge in [-0.2, -0.15) is 0 Å². The quantitative estimate of drug-likeness (QED) is 0.537. The standard InChI is InChI=1S/C24H46N2O8/c1-23(2,3)33-21(27)19-25-7-11-29-15-17-31-13-9-26(20-22(28)34-24(4,5)6)10-14-32-18-16-30-12-8-25/h7-20H2,1-6H3. The molecule has 1 heterocycles. The highest BCUT2D eigenvalue weighted by Gasteiger charge is 2.20. The van der Waals surface area contributed by atoms with Crippen LogP contribution in [0.2, 0.25) is 0 Å². The molecule has 200 valence electrons. The SMILES string of the molecule is CC(C)(C)OC(=O)CN1CCOCCOCCN(CC(=O)OC(C)(C)C)CCOCCOCC1. The number of hydrogen-bond acceptors (Lipinski definition) is 10. The maximum atomic E-state index is 12.2. The maximum Gasteiger partial charge on any atom is 0.320 e. The molecule has 10 nitrogen and oxygen atoms in total.